The monoisotopic (exact) mass is 414 g/mol. The molecule has 0 fully saturated rings. The summed E-state index contributed by atoms with van der Waals surface area (Å²) in [7, 11) is 0. The molecule has 0 radical (unpaired) electrons. The number of carbonyl (C=O) groups is 1. The third-order valence-electron chi connectivity index (χ3n) is 3.72. The van der Waals surface area contributed by atoms with Crippen LogP contribution in [0.2, 0.25) is 0 Å². The van der Waals surface area contributed by atoms with Crippen LogP contribution >= 0.6 is 11.8 Å². The average Bonchev–Trinajstić information content (AvgIpc) is 3.19. The number of nitro benzene ring substituents is 1. The van der Waals surface area contributed by atoms with E-state index in [2.05, 4.69) is 15.5 Å². The Kier molecular flexibility index (Phi) is 6.80. The van der Waals surface area contributed by atoms with Gasteiger partial charge in [-0.3, -0.25) is 14.9 Å². The van der Waals surface area contributed by atoms with Crippen molar-refractivity contribution in [1.82, 2.24) is 15.5 Å². The van der Waals surface area contributed by atoms with Gasteiger partial charge in [-0.1, -0.05) is 30.0 Å². The molecular formula is C19H18N4O5S. The van der Waals surface area contributed by atoms with Gasteiger partial charge in [-0.25, -0.2) is 0 Å². The van der Waals surface area contributed by atoms with E-state index in [0.29, 0.717) is 18.7 Å². The maximum Gasteiger partial charge on any atom is 0.277 e. The highest BCUT2D eigenvalue weighted by atomic mass is 32.2. The zero-order valence-electron chi connectivity index (χ0n) is 15.5. The predicted octanol–water partition coefficient (Wildman–Crippen LogP) is 3.24. The Morgan fingerprint density at radius 1 is 1.24 bits per heavy atom. The maximum atomic E-state index is 11.9. The summed E-state index contributed by atoms with van der Waals surface area (Å²) in [5.74, 6) is 0.815. The Balaban J connectivity index is 1.43. The van der Waals surface area contributed by atoms with Crippen molar-refractivity contribution < 1.29 is 18.9 Å². The van der Waals surface area contributed by atoms with Gasteiger partial charge in [-0.15, -0.1) is 10.2 Å². The van der Waals surface area contributed by atoms with Gasteiger partial charge in [0.25, 0.3) is 10.9 Å². The van der Waals surface area contributed by atoms with Crippen LogP contribution in [-0.2, 0) is 4.79 Å². The molecule has 0 saturated heterocycles. The molecule has 2 aromatic carbocycles. The Bertz CT molecular complexity index is 1010. The number of nitrogens with one attached hydrogen (secondary N) is 1. The smallest absolute Gasteiger partial charge is 0.277 e. The summed E-state index contributed by atoms with van der Waals surface area (Å²) in [6.07, 6.45) is 0. The molecule has 10 heteroatoms. The molecule has 1 N–H and O–H groups in total. The average molecular weight is 414 g/mol. The number of aromatic nitrogens is 2. The lowest BCUT2D eigenvalue weighted by Crippen LogP contribution is -2.29. The van der Waals surface area contributed by atoms with Crippen molar-refractivity contribution in [3.63, 3.8) is 0 Å². The van der Waals surface area contributed by atoms with E-state index in [9.17, 15) is 14.9 Å². The second-order valence-corrected chi connectivity index (χ2v) is 6.91. The number of hydrogen-bond acceptors (Lipinski definition) is 8. The van der Waals surface area contributed by atoms with E-state index in [1.165, 1.54) is 18.2 Å². The SMILES string of the molecule is Cc1cccc(OCCNC(=O)CSc2nnc(-c3cccc([N+](=O)[O-])c3)o2)c1. The van der Waals surface area contributed by atoms with E-state index in [1.807, 2.05) is 31.2 Å². The minimum atomic E-state index is -0.497. The first-order valence-corrected chi connectivity index (χ1v) is 9.67. The van der Waals surface area contributed by atoms with Gasteiger partial charge in [-0.2, -0.15) is 0 Å². The lowest BCUT2D eigenvalue weighted by Gasteiger charge is -2.07. The second-order valence-electron chi connectivity index (χ2n) is 5.98. The highest BCUT2D eigenvalue weighted by Crippen LogP contribution is 2.25. The normalized spacial score (nSPS) is 10.5. The van der Waals surface area contributed by atoms with Crippen LogP contribution in [-0.4, -0.2) is 39.9 Å². The zero-order chi connectivity index (χ0) is 20.6. The van der Waals surface area contributed by atoms with Gasteiger partial charge in [0.2, 0.25) is 11.8 Å². The molecule has 0 aliphatic carbocycles. The van der Waals surface area contributed by atoms with Crippen molar-refractivity contribution in [3.8, 4) is 17.2 Å². The van der Waals surface area contributed by atoms with Crippen molar-refractivity contribution in [2.75, 3.05) is 18.9 Å². The fourth-order valence-electron chi connectivity index (χ4n) is 2.38. The van der Waals surface area contributed by atoms with Crippen LogP contribution in [0.1, 0.15) is 5.56 Å². The first kappa shape index (κ1) is 20.3. The maximum absolute atomic E-state index is 11.9. The topological polar surface area (TPSA) is 120 Å². The molecule has 0 aliphatic rings. The van der Waals surface area contributed by atoms with Crippen LogP contribution in [0.15, 0.2) is 58.2 Å². The first-order valence-electron chi connectivity index (χ1n) is 8.68. The fourth-order valence-corrected chi connectivity index (χ4v) is 2.97. The molecule has 1 aromatic heterocycles. The summed E-state index contributed by atoms with van der Waals surface area (Å²) in [6, 6.07) is 13.6. The molecule has 150 valence electrons. The summed E-state index contributed by atoms with van der Waals surface area (Å²) < 4.78 is 11.0. The van der Waals surface area contributed by atoms with Crippen molar-refractivity contribution in [3.05, 3.63) is 64.2 Å². The van der Waals surface area contributed by atoms with Crippen molar-refractivity contribution >= 4 is 23.4 Å². The molecule has 0 aliphatic heterocycles. The van der Waals surface area contributed by atoms with Crippen molar-refractivity contribution in [1.29, 1.82) is 0 Å². The molecule has 3 aromatic rings. The lowest BCUT2D eigenvalue weighted by atomic mass is 10.2. The first-order chi connectivity index (χ1) is 14.0. The molecule has 0 atom stereocenters. The van der Waals surface area contributed by atoms with Crippen LogP contribution in [0.4, 0.5) is 5.69 Å². The van der Waals surface area contributed by atoms with E-state index in [0.717, 1.165) is 23.1 Å². The molecule has 0 saturated carbocycles. The number of carbonyl (C=O) groups excluding carboxylic acids is 1. The van der Waals surface area contributed by atoms with Gasteiger partial charge >= 0.3 is 0 Å². The predicted molar refractivity (Wildman–Crippen MR) is 107 cm³/mol. The molecule has 0 unspecified atom stereocenters. The van der Waals surface area contributed by atoms with Crippen LogP contribution < -0.4 is 10.1 Å². The highest BCUT2D eigenvalue weighted by Gasteiger charge is 2.14. The number of rotatable bonds is 9. The zero-order valence-corrected chi connectivity index (χ0v) is 16.3. The van der Waals surface area contributed by atoms with Gasteiger partial charge in [0.15, 0.2) is 0 Å². The highest BCUT2D eigenvalue weighted by molar-refractivity contribution is 7.99. The Morgan fingerprint density at radius 3 is 2.86 bits per heavy atom. The van der Waals surface area contributed by atoms with Gasteiger partial charge in [0.05, 0.1) is 17.2 Å². The van der Waals surface area contributed by atoms with E-state index < -0.39 is 4.92 Å². The quantitative estimate of drug-likeness (QED) is 0.245. The fraction of sp³-hybridized carbons (Fsp3) is 0.211. The number of nitro groups is 1. The van der Waals surface area contributed by atoms with Gasteiger partial charge in [-0.05, 0) is 30.7 Å². The van der Waals surface area contributed by atoms with E-state index in [1.54, 1.807) is 6.07 Å². The molecule has 1 heterocycles. The Morgan fingerprint density at radius 2 is 2.07 bits per heavy atom. The Labute approximate surface area is 170 Å². The van der Waals surface area contributed by atoms with Crippen LogP contribution in [0, 0.1) is 17.0 Å². The van der Waals surface area contributed by atoms with E-state index in [4.69, 9.17) is 9.15 Å². The largest absolute Gasteiger partial charge is 0.492 e. The standard InChI is InChI=1S/C19H18N4O5S/c1-13-4-2-7-16(10-13)27-9-8-20-17(24)12-29-19-22-21-18(28-19)14-5-3-6-15(11-14)23(25)26/h2-7,10-11H,8-9,12H2,1H3,(H,20,24). The molecule has 0 bridgehead atoms. The number of non-ortho nitro benzene ring substituents is 1. The molecule has 0 spiro atoms. The number of thioether (sulfide) groups is 1. The number of benzene rings is 2. The van der Waals surface area contributed by atoms with Crippen LogP contribution in [0.3, 0.4) is 0 Å². The Hall–Kier alpha value is -3.40. The van der Waals surface area contributed by atoms with Gasteiger partial charge in [0.1, 0.15) is 12.4 Å². The minimum Gasteiger partial charge on any atom is -0.492 e. The molecule has 1 amide bonds. The summed E-state index contributed by atoms with van der Waals surface area (Å²) in [5, 5.41) is 21.5. The number of aryl methyl sites for hydroxylation is 1. The number of hydrogen-bond donors (Lipinski definition) is 1. The summed E-state index contributed by atoms with van der Waals surface area (Å²) in [4.78, 5) is 22.3. The number of nitrogens with zero attached hydrogens (tertiary/aromatic N) is 3. The van der Waals surface area contributed by atoms with Crippen molar-refractivity contribution in [2.45, 2.75) is 12.1 Å². The number of amides is 1. The van der Waals surface area contributed by atoms with Gasteiger partial charge < -0.3 is 14.5 Å². The third-order valence-corrected chi connectivity index (χ3v) is 4.54. The molecule has 9 nitrogen and oxygen atoms in total. The van der Waals surface area contributed by atoms with E-state index in [-0.39, 0.29) is 28.5 Å². The van der Waals surface area contributed by atoms with E-state index >= 15 is 0 Å². The second kappa shape index (κ2) is 9.69. The summed E-state index contributed by atoms with van der Waals surface area (Å²) in [5.41, 5.74) is 1.48. The molecular weight excluding hydrogens is 396 g/mol. The lowest BCUT2D eigenvalue weighted by molar-refractivity contribution is -0.384. The minimum absolute atomic E-state index is 0.0674. The molecule has 29 heavy (non-hydrogen) atoms. The summed E-state index contributed by atoms with van der Waals surface area (Å²) in [6.45, 7) is 2.71. The van der Waals surface area contributed by atoms with Crippen LogP contribution in [0.25, 0.3) is 11.5 Å². The third kappa shape index (κ3) is 6.04. The summed E-state index contributed by atoms with van der Waals surface area (Å²) >= 11 is 1.08. The number of ether oxygens (including phenoxy) is 1. The van der Waals surface area contributed by atoms with Crippen molar-refractivity contribution in [2.24, 2.45) is 0 Å². The molecule has 3 rings (SSSR count). The van der Waals surface area contributed by atoms with Crippen LogP contribution in [0.5, 0.6) is 5.75 Å². The van der Waals surface area contributed by atoms with Gasteiger partial charge in [0, 0.05) is 17.7 Å².